The summed E-state index contributed by atoms with van der Waals surface area (Å²) >= 11 is 6.01. The Hall–Kier alpha value is -2.86. The summed E-state index contributed by atoms with van der Waals surface area (Å²) in [6.45, 7) is 1.95. The van der Waals surface area contributed by atoms with Gasteiger partial charge in [0.2, 0.25) is 0 Å². The van der Waals surface area contributed by atoms with Crippen molar-refractivity contribution in [3.63, 3.8) is 0 Å². The smallest absolute Gasteiger partial charge is 0.274 e. The summed E-state index contributed by atoms with van der Waals surface area (Å²) in [5, 5.41) is 8.41. The molecule has 3 aromatic rings. The monoisotopic (exact) mass is 424 g/mol. The number of rotatable bonds is 7. The van der Waals surface area contributed by atoms with Crippen molar-refractivity contribution in [1.29, 1.82) is 0 Å². The first-order chi connectivity index (χ1) is 14.4. The van der Waals surface area contributed by atoms with Crippen LogP contribution in [0.3, 0.4) is 0 Å². The number of carbonyl (C=O) groups excluding carboxylic acids is 2. The Balaban J connectivity index is 1.13. The Labute approximate surface area is 178 Å². The second-order valence-electron chi connectivity index (χ2n) is 8.71. The average Bonchev–Trinajstić information content (AvgIpc) is 3.10. The van der Waals surface area contributed by atoms with Crippen LogP contribution in [0.25, 0.3) is 11.0 Å². The van der Waals surface area contributed by atoms with Crippen LogP contribution in [0.1, 0.15) is 41.7 Å². The van der Waals surface area contributed by atoms with Gasteiger partial charge in [-0.2, -0.15) is 0 Å². The number of fused-ring (bicyclic) bond motifs is 1. The van der Waals surface area contributed by atoms with Crippen LogP contribution in [-0.4, -0.2) is 29.0 Å². The van der Waals surface area contributed by atoms with Crippen molar-refractivity contribution in [2.75, 3.05) is 6.61 Å². The Morgan fingerprint density at radius 2 is 1.97 bits per heavy atom. The summed E-state index contributed by atoms with van der Waals surface area (Å²) in [6, 6.07) is 12.7. The lowest BCUT2D eigenvalue weighted by Gasteiger charge is -2.70. The molecular weight excluding hydrogens is 404 g/mol. The number of benzene rings is 2. The van der Waals surface area contributed by atoms with Crippen LogP contribution in [-0.2, 0) is 4.79 Å². The molecule has 0 unspecified atom stereocenters. The molecule has 3 aliphatic carbocycles. The van der Waals surface area contributed by atoms with E-state index in [1.165, 1.54) is 0 Å². The molecular formula is C23H21ClN2O4. The minimum Gasteiger partial charge on any atom is -0.486 e. The van der Waals surface area contributed by atoms with E-state index >= 15 is 0 Å². The fourth-order valence-corrected chi connectivity index (χ4v) is 5.13. The van der Waals surface area contributed by atoms with E-state index in [1.54, 1.807) is 18.2 Å². The molecule has 0 radical (unpaired) electrons. The number of nitrogens with one attached hydrogen (secondary N) is 1. The van der Waals surface area contributed by atoms with Gasteiger partial charge in [0.1, 0.15) is 12.4 Å². The van der Waals surface area contributed by atoms with Crippen molar-refractivity contribution in [2.24, 2.45) is 5.41 Å². The lowest BCUT2D eigenvalue weighted by molar-refractivity contribution is -0.162. The Morgan fingerprint density at radius 3 is 2.73 bits per heavy atom. The number of ether oxygens (including phenoxy) is 1. The highest BCUT2D eigenvalue weighted by atomic mass is 35.5. The van der Waals surface area contributed by atoms with E-state index < -0.39 is 0 Å². The van der Waals surface area contributed by atoms with Gasteiger partial charge in [-0.1, -0.05) is 28.9 Å². The summed E-state index contributed by atoms with van der Waals surface area (Å²) in [5.41, 5.74) is 1.60. The standard InChI is InChI=1S/C23H21ClN2O4/c1-14-8-16(6-7-18(14)24)29-10-15(27)9-22-11-23(12-22,13-22)25-21(28)20-17-4-2-3-5-19(17)30-26-20/h2-8H,9-13H2,1H3,(H,25,28). The predicted molar refractivity (Wildman–Crippen MR) is 112 cm³/mol. The van der Waals surface area contributed by atoms with Crippen molar-refractivity contribution >= 4 is 34.3 Å². The van der Waals surface area contributed by atoms with E-state index in [2.05, 4.69) is 10.5 Å². The SMILES string of the molecule is Cc1cc(OCC(=O)CC23CC(NC(=O)c4noc5ccccc45)(C2)C3)ccc1Cl. The topological polar surface area (TPSA) is 81.4 Å². The van der Waals surface area contributed by atoms with Gasteiger partial charge in [-0.25, -0.2) is 0 Å². The van der Waals surface area contributed by atoms with Crippen LogP contribution in [0, 0.1) is 12.3 Å². The number of halogens is 1. The van der Waals surface area contributed by atoms with Crippen molar-refractivity contribution in [2.45, 2.75) is 38.1 Å². The highest BCUT2D eigenvalue weighted by molar-refractivity contribution is 6.31. The van der Waals surface area contributed by atoms with Crippen LogP contribution >= 0.6 is 11.6 Å². The van der Waals surface area contributed by atoms with Crippen molar-refractivity contribution < 1.29 is 18.8 Å². The molecule has 0 aliphatic heterocycles. The molecule has 30 heavy (non-hydrogen) atoms. The second-order valence-corrected chi connectivity index (χ2v) is 9.11. The molecule has 1 amide bonds. The van der Waals surface area contributed by atoms with Gasteiger partial charge in [0, 0.05) is 17.0 Å². The molecule has 2 aromatic carbocycles. The van der Waals surface area contributed by atoms with Gasteiger partial charge in [-0.3, -0.25) is 9.59 Å². The number of aromatic nitrogens is 1. The van der Waals surface area contributed by atoms with Gasteiger partial charge in [-0.05, 0) is 67.5 Å². The Bertz CT molecular complexity index is 1150. The minimum atomic E-state index is -0.221. The summed E-state index contributed by atoms with van der Waals surface area (Å²) in [6.07, 6.45) is 2.91. The maximum Gasteiger partial charge on any atom is 0.274 e. The number of hydrogen-bond acceptors (Lipinski definition) is 5. The quantitative estimate of drug-likeness (QED) is 0.604. The normalized spacial score (nSPS) is 24.1. The molecule has 0 atom stereocenters. The molecule has 7 heteroatoms. The average molecular weight is 425 g/mol. The van der Waals surface area contributed by atoms with Gasteiger partial charge in [0.25, 0.3) is 5.91 Å². The van der Waals surface area contributed by atoms with Crippen LogP contribution < -0.4 is 10.1 Å². The van der Waals surface area contributed by atoms with Gasteiger partial charge < -0.3 is 14.6 Å². The highest BCUT2D eigenvalue weighted by Gasteiger charge is 2.68. The molecule has 1 aromatic heterocycles. The summed E-state index contributed by atoms with van der Waals surface area (Å²) in [7, 11) is 0. The van der Waals surface area contributed by atoms with E-state index in [4.69, 9.17) is 20.9 Å². The van der Waals surface area contributed by atoms with Crippen LogP contribution in [0.4, 0.5) is 0 Å². The number of carbonyl (C=O) groups is 2. The van der Waals surface area contributed by atoms with Crippen molar-refractivity contribution in [3.8, 4) is 5.75 Å². The number of hydrogen-bond donors (Lipinski definition) is 1. The maximum absolute atomic E-state index is 12.7. The number of aryl methyl sites for hydroxylation is 1. The van der Waals surface area contributed by atoms with E-state index in [-0.39, 0.29) is 29.3 Å². The van der Waals surface area contributed by atoms with Crippen LogP contribution in [0.15, 0.2) is 47.0 Å². The summed E-state index contributed by atoms with van der Waals surface area (Å²) < 4.78 is 10.8. The fourth-order valence-electron chi connectivity index (χ4n) is 5.01. The van der Waals surface area contributed by atoms with Gasteiger partial charge in [0.15, 0.2) is 17.1 Å². The Kier molecular flexibility index (Phi) is 4.36. The molecule has 2 bridgehead atoms. The molecule has 1 N–H and O–H groups in total. The molecule has 1 heterocycles. The number of amides is 1. The highest BCUT2D eigenvalue weighted by Crippen LogP contribution is 2.69. The number of para-hydroxylation sites is 1. The number of ketones is 1. The first-order valence-corrected chi connectivity index (χ1v) is 10.3. The van der Waals surface area contributed by atoms with Gasteiger partial charge in [0.05, 0.1) is 5.39 Å². The third kappa shape index (κ3) is 3.25. The zero-order valence-electron chi connectivity index (χ0n) is 16.5. The molecule has 0 spiro atoms. The van der Waals surface area contributed by atoms with Crippen molar-refractivity contribution in [1.82, 2.24) is 10.5 Å². The fraction of sp³-hybridized carbons (Fsp3) is 0.348. The zero-order chi connectivity index (χ0) is 20.9. The lowest BCUT2D eigenvalue weighted by atomic mass is 9.38. The third-order valence-electron chi connectivity index (χ3n) is 6.21. The molecule has 3 fully saturated rings. The van der Waals surface area contributed by atoms with E-state index in [9.17, 15) is 9.59 Å². The number of nitrogens with zero attached hydrogens (tertiary/aromatic N) is 1. The molecule has 6 rings (SSSR count). The maximum atomic E-state index is 12.7. The third-order valence-corrected chi connectivity index (χ3v) is 6.64. The van der Waals surface area contributed by atoms with Crippen molar-refractivity contribution in [3.05, 3.63) is 58.7 Å². The van der Waals surface area contributed by atoms with Crippen LogP contribution in [0.2, 0.25) is 5.02 Å². The largest absolute Gasteiger partial charge is 0.486 e. The van der Waals surface area contributed by atoms with Gasteiger partial charge >= 0.3 is 0 Å². The second kappa shape index (κ2) is 6.84. The number of Topliss-reactive ketones (excluding diaryl/α,β-unsaturated/α-hetero) is 1. The molecule has 3 aliphatic rings. The Morgan fingerprint density at radius 1 is 1.20 bits per heavy atom. The predicted octanol–water partition coefficient (Wildman–Crippen LogP) is 4.48. The summed E-state index contributed by atoms with van der Waals surface area (Å²) in [4.78, 5) is 25.1. The molecule has 154 valence electrons. The van der Waals surface area contributed by atoms with E-state index in [0.717, 1.165) is 24.8 Å². The minimum absolute atomic E-state index is 0.00444. The zero-order valence-corrected chi connectivity index (χ0v) is 17.3. The lowest BCUT2D eigenvalue weighted by Crippen LogP contribution is -2.75. The van der Waals surface area contributed by atoms with E-state index in [1.807, 2.05) is 31.2 Å². The van der Waals surface area contributed by atoms with E-state index in [0.29, 0.717) is 33.9 Å². The first-order valence-electron chi connectivity index (χ1n) is 9.95. The molecule has 3 saturated carbocycles. The first kappa shape index (κ1) is 19.1. The molecule has 0 saturated heterocycles. The summed E-state index contributed by atoms with van der Waals surface area (Å²) in [5.74, 6) is 0.497. The molecule has 6 nitrogen and oxygen atoms in total. The van der Waals surface area contributed by atoms with Crippen LogP contribution in [0.5, 0.6) is 5.75 Å². The van der Waals surface area contributed by atoms with Gasteiger partial charge in [-0.15, -0.1) is 0 Å².